The number of epoxide rings is 1. The first-order valence-electron chi connectivity index (χ1n) is 7.30. The van der Waals surface area contributed by atoms with E-state index in [1.54, 1.807) is 21.3 Å². The molecule has 0 amide bonds. The zero-order chi connectivity index (χ0) is 15.1. The number of hydrogen-bond acceptors (Lipinski definition) is 5. The van der Waals surface area contributed by atoms with Gasteiger partial charge < -0.3 is 23.3 Å². The molecule has 1 fully saturated rings. The Morgan fingerprint density at radius 2 is 1.81 bits per heavy atom. The van der Waals surface area contributed by atoms with Crippen LogP contribution in [-0.4, -0.2) is 48.9 Å². The molecule has 2 rings (SSSR count). The quantitative estimate of drug-likeness (QED) is 0.531. The second kappa shape index (κ2) is 7.91. The third-order valence-corrected chi connectivity index (χ3v) is 6.67. The maximum atomic E-state index is 5.55. The minimum Gasteiger partial charge on any atom is -0.382 e. The molecule has 21 heavy (non-hydrogen) atoms. The second-order valence-electron chi connectivity index (χ2n) is 5.24. The number of ether oxygens (including phenoxy) is 1. The van der Waals surface area contributed by atoms with Crippen molar-refractivity contribution in [2.24, 2.45) is 0 Å². The molecule has 2 unspecified atom stereocenters. The van der Waals surface area contributed by atoms with Crippen molar-refractivity contribution in [3.63, 3.8) is 0 Å². The molecule has 1 saturated heterocycles. The summed E-state index contributed by atoms with van der Waals surface area (Å²) in [7, 11) is 2.38. The predicted octanol–water partition coefficient (Wildman–Crippen LogP) is 2.52. The average molecular weight is 311 g/mol. The lowest BCUT2D eigenvalue weighted by atomic mass is 10.1. The summed E-state index contributed by atoms with van der Waals surface area (Å²) in [5.74, 6) is 0. The summed E-state index contributed by atoms with van der Waals surface area (Å²) in [6, 6.07) is 11.2. The van der Waals surface area contributed by atoms with E-state index in [1.165, 1.54) is 0 Å². The second-order valence-corrected chi connectivity index (χ2v) is 8.24. The topological polar surface area (TPSA) is 52.2 Å². The number of hydrogen-bond donors (Lipinski definition) is 1. The maximum absolute atomic E-state index is 5.55. The van der Waals surface area contributed by atoms with Crippen LogP contribution in [0.2, 0.25) is 6.04 Å². The molecule has 1 aromatic carbocycles. The fourth-order valence-corrected chi connectivity index (χ4v) is 4.33. The lowest BCUT2D eigenvalue weighted by Gasteiger charge is -2.29. The Bertz CT molecular complexity index is 401. The molecule has 5 nitrogen and oxygen atoms in total. The smallest absolute Gasteiger partial charge is 0.382 e. The SMILES string of the molecule is CO[Si](CC(CCC1CO1)Nc1ccccc1)(OC)OC. The van der Waals surface area contributed by atoms with Gasteiger partial charge in [0, 0.05) is 39.1 Å². The molecule has 1 aliphatic heterocycles. The van der Waals surface area contributed by atoms with E-state index in [2.05, 4.69) is 17.4 Å². The normalized spacial score (nSPS) is 19.3. The van der Waals surface area contributed by atoms with Crippen LogP contribution in [0.25, 0.3) is 0 Å². The van der Waals surface area contributed by atoms with Gasteiger partial charge in [0.25, 0.3) is 0 Å². The summed E-state index contributed by atoms with van der Waals surface area (Å²) >= 11 is 0. The number of anilines is 1. The van der Waals surface area contributed by atoms with Gasteiger partial charge in [-0.2, -0.15) is 0 Å². The molecular weight excluding hydrogens is 286 g/mol. The Morgan fingerprint density at radius 1 is 1.19 bits per heavy atom. The van der Waals surface area contributed by atoms with E-state index in [4.69, 9.17) is 18.0 Å². The lowest BCUT2D eigenvalue weighted by molar-refractivity contribution is 0.121. The van der Waals surface area contributed by atoms with Gasteiger partial charge in [0.2, 0.25) is 0 Å². The summed E-state index contributed by atoms with van der Waals surface area (Å²) < 4.78 is 22.0. The highest BCUT2D eigenvalue weighted by Crippen LogP contribution is 2.24. The Labute approximate surface area is 127 Å². The van der Waals surface area contributed by atoms with Gasteiger partial charge in [-0.1, -0.05) is 18.2 Å². The molecule has 2 atom stereocenters. The highest BCUT2D eigenvalue weighted by atomic mass is 28.4. The number of benzene rings is 1. The molecule has 1 heterocycles. The van der Waals surface area contributed by atoms with Crippen molar-refractivity contribution in [1.29, 1.82) is 0 Å². The molecule has 118 valence electrons. The van der Waals surface area contributed by atoms with Crippen LogP contribution in [0, 0.1) is 0 Å². The predicted molar refractivity (Wildman–Crippen MR) is 84.4 cm³/mol. The van der Waals surface area contributed by atoms with E-state index in [0.717, 1.165) is 31.2 Å². The zero-order valence-electron chi connectivity index (χ0n) is 13.0. The van der Waals surface area contributed by atoms with E-state index in [-0.39, 0.29) is 6.04 Å². The van der Waals surface area contributed by atoms with Crippen LogP contribution in [0.1, 0.15) is 12.8 Å². The fraction of sp³-hybridized carbons (Fsp3) is 0.600. The number of para-hydroxylation sites is 1. The Balaban J connectivity index is 1.99. The highest BCUT2D eigenvalue weighted by molar-refractivity contribution is 6.60. The van der Waals surface area contributed by atoms with Gasteiger partial charge in [0.05, 0.1) is 12.7 Å². The first-order chi connectivity index (χ1) is 10.2. The standard InChI is InChI=1S/C15H25NO4Si/c1-17-21(18-2,19-3)12-14(9-10-15-11-20-15)16-13-7-5-4-6-8-13/h4-8,14-16H,9-12H2,1-3H3. The van der Waals surface area contributed by atoms with Crippen molar-refractivity contribution >= 4 is 14.5 Å². The van der Waals surface area contributed by atoms with Crippen molar-refractivity contribution < 1.29 is 18.0 Å². The Kier molecular flexibility index (Phi) is 6.19. The van der Waals surface area contributed by atoms with Crippen LogP contribution in [0.5, 0.6) is 0 Å². The Morgan fingerprint density at radius 3 is 2.33 bits per heavy atom. The van der Waals surface area contributed by atoms with Gasteiger partial charge in [-0.3, -0.25) is 0 Å². The summed E-state index contributed by atoms with van der Waals surface area (Å²) in [6.07, 6.45) is 2.48. The van der Waals surface area contributed by atoms with Gasteiger partial charge in [-0.05, 0) is 25.0 Å². The van der Waals surface area contributed by atoms with E-state index in [1.807, 2.05) is 18.2 Å². The molecule has 0 saturated carbocycles. The molecule has 0 aliphatic carbocycles. The summed E-state index contributed by atoms with van der Waals surface area (Å²) in [6.45, 7) is 0.888. The van der Waals surface area contributed by atoms with Gasteiger partial charge in [0.15, 0.2) is 0 Å². The fourth-order valence-electron chi connectivity index (χ4n) is 2.42. The molecule has 0 aromatic heterocycles. The molecule has 6 heteroatoms. The van der Waals surface area contributed by atoms with Crippen LogP contribution < -0.4 is 5.32 Å². The van der Waals surface area contributed by atoms with Crippen molar-refractivity contribution in [2.45, 2.75) is 31.0 Å². The third-order valence-electron chi connectivity index (χ3n) is 3.81. The largest absolute Gasteiger partial charge is 0.502 e. The number of rotatable bonds is 10. The molecule has 0 radical (unpaired) electrons. The van der Waals surface area contributed by atoms with Crippen molar-refractivity contribution in [2.75, 3.05) is 33.3 Å². The molecule has 1 aromatic rings. The van der Waals surface area contributed by atoms with Gasteiger partial charge in [-0.25, -0.2) is 0 Å². The summed E-state index contributed by atoms with van der Waals surface area (Å²) in [5, 5.41) is 3.56. The van der Waals surface area contributed by atoms with Crippen LogP contribution in [0.4, 0.5) is 5.69 Å². The van der Waals surface area contributed by atoms with Crippen LogP contribution in [0.3, 0.4) is 0 Å². The van der Waals surface area contributed by atoms with Crippen molar-refractivity contribution in [1.82, 2.24) is 0 Å². The van der Waals surface area contributed by atoms with E-state index >= 15 is 0 Å². The Hall–Kier alpha value is -0.923. The van der Waals surface area contributed by atoms with Crippen LogP contribution in [-0.2, 0) is 18.0 Å². The summed E-state index contributed by atoms with van der Waals surface area (Å²) in [5.41, 5.74) is 1.10. The molecule has 1 N–H and O–H groups in total. The first kappa shape index (κ1) is 16.4. The van der Waals surface area contributed by atoms with E-state index < -0.39 is 8.80 Å². The monoisotopic (exact) mass is 311 g/mol. The summed E-state index contributed by atoms with van der Waals surface area (Å²) in [4.78, 5) is 0. The molecule has 0 spiro atoms. The van der Waals surface area contributed by atoms with Crippen molar-refractivity contribution in [3.05, 3.63) is 30.3 Å². The van der Waals surface area contributed by atoms with E-state index in [0.29, 0.717) is 6.10 Å². The van der Waals surface area contributed by atoms with Gasteiger partial charge in [-0.15, -0.1) is 0 Å². The van der Waals surface area contributed by atoms with Gasteiger partial charge in [0.1, 0.15) is 0 Å². The van der Waals surface area contributed by atoms with Crippen LogP contribution in [0.15, 0.2) is 30.3 Å². The maximum Gasteiger partial charge on any atom is 0.502 e. The van der Waals surface area contributed by atoms with E-state index in [9.17, 15) is 0 Å². The first-order valence-corrected chi connectivity index (χ1v) is 9.23. The average Bonchev–Trinajstić information content (AvgIpc) is 3.35. The van der Waals surface area contributed by atoms with Gasteiger partial charge >= 0.3 is 8.80 Å². The number of nitrogens with one attached hydrogen (secondary N) is 1. The minimum absolute atomic E-state index is 0.239. The molecule has 1 aliphatic rings. The minimum atomic E-state index is -2.59. The van der Waals surface area contributed by atoms with Crippen molar-refractivity contribution in [3.8, 4) is 0 Å². The lowest BCUT2D eigenvalue weighted by Crippen LogP contribution is -2.47. The molecular formula is C15H25NO4Si. The zero-order valence-corrected chi connectivity index (χ0v) is 14.0. The molecule has 0 bridgehead atoms. The van der Waals surface area contributed by atoms with Crippen LogP contribution >= 0.6 is 0 Å². The highest BCUT2D eigenvalue weighted by Gasteiger charge is 2.41. The third kappa shape index (κ3) is 5.08.